The third-order valence-electron chi connectivity index (χ3n) is 5.64. The van der Waals surface area contributed by atoms with Crippen LogP contribution in [0.3, 0.4) is 0 Å². The number of carbonyl (C=O) groups excluding carboxylic acids is 1. The molecule has 0 aliphatic rings. The number of anilines is 1. The second-order valence-corrected chi connectivity index (χ2v) is 8.03. The van der Waals surface area contributed by atoms with E-state index in [1.165, 1.54) is 5.56 Å². The Labute approximate surface area is 197 Å². The van der Waals surface area contributed by atoms with Gasteiger partial charge >= 0.3 is 0 Å². The molecule has 7 nitrogen and oxygen atoms in total. The Morgan fingerprint density at radius 3 is 2.53 bits per heavy atom. The van der Waals surface area contributed by atoms with E-state index in [4.69, 9.17) is 4.98 Å². The first-order valence-electron chi connectivity index (χ1n) is 11.1. The number of nitrogens with zero attached hydrogens (tertiary/aromatic N) is 4. The molecule has 2 heterocycles. The fourth-order valence-electron chi connectivity index (χ4n) is 3.80. The van der Waals surface area contributed by atoms with E-state index in [0.717, 1.165) is 11.1 Å². The summed E-state index contributed by atoms with van der Waals surface area (Å²) in [7, 11) is 0. The maximum absolute atomic E-state index is 12.6. The van der Waals surface area contributed by atoms with Gasteiger partial charge in [-0.1, -0.05) is 60.7 Å². The van der Waals surface area contributed by atoms with Crippen LogP contribution in [0.5, 0.6) is 0 Å². The lowest BCUT2D eigenvalue weighted by Gasteiger charge is -2.15. The van der Waals surface area contributed by atoms with Crippen LogP contribution in [-0.4, -0.2) is 25.4 Å². The average molecular weight is 449 g/mol. The van der Waals surface area contributed by atoms with Gasteiger partial charge < -0.3 is 10.6 Å². The molecule has 0 saturated carbocycles. The molecule has 0 aliphatic heterocycles. The highest BCUT2D eigenvalue weighted by Gasteiger charge is 2.12. The van der Waals surface area contributed by atoms with Crippen molar-refractivity contribution >= 4 is 22.8 Å². The second kappa shape index (κ2) is 9.54. The summed E-state index contributed by atoms with van der Waals surface area (Å²) >= 11 is 0. The smallest absolute Gasteiger partial charge is 0.251 e. The number of benzene rings is 3. The van der Waals surface area contributed by atoms with Crippen LogP contribution in [0.2, 0.25) is 0 Å². The Balaban J connectivity index is 1.33. The predicted octanol–water partition coefficient (Wildman–Crippen LogP) is 4.92. The van der Waals surface area contributed by atoms with Crippen molar-refractivity contribution in [3.8, 4) is 5.82 Å². The SMILES string of the molecule is CC(Nc1cncc(-n2cnc3cc(C(=O)NCc4ccccc4)ccc32)n1)c1ccccc1. The molecule has 2 aromatic heterocycles. The lowest BCUT2D eigenvalue weighted by Crippen LogP contribution is -2.22. The summed E-state index contributed by atoms with van der Waals surface area (Å²) in [6.45, 7) is 2.56. The van der Waals surface area contributed by atoms with Crippen molar-refractivity contribution in [2.75, 3.05) is 5.32 Å². The molecule has 5 aromatic rings. The molecular weight excluding hydrogens is 424 g/mol. The van der Waals surface area contributed by atoms with E-state index < -0.39 is 0 Å². The molecule has 1 unspecified atom stereocenters. The zero-order valence-electron chi connectivity index (χ0n) is 18.7. The van der Waals surface area contributed by atoms with Crippen LogP contribution in [0, 0.1) is 0 Å². The van der Waals surface area contributed by atoms with Crippen molar-refractivity contribution in [2.45, 2.75) is 19.5 Å². The molecular formula is C27H24N6O. The Bertz CT molecular complexity index is 1420. The van der Waals surface area contributed by atoms with Gasteiger partial charge in [-0.25, -0.2) is 9.97 Å². The van der Waals surface area contributed by atoms with Gasteiger partial charge in [-0.3, -0.25) is 14.3 Å². The molecule has 0 radical (unpaired) electrons. The number of nitrogens with one attached hydrogen (secondary N) is 2. The highest BCUT2D eigenvalue weighted by Crippen LogP contribution is 2.21. The summed E-state index contributed by atoms with van der Waals surface area (Å²) in [5.74, 6) is 1.18. The number of fused-ring (bicyclic) bond motifs is 1. The lowest BCUT2D eigenvalue weighted by atomic mass is 10.1. The van der Waals surface area contributed by atoms with Crippen LogP contribution >= 0.6 is 0 Å². The Hall–Kier alpha value is -4.52. The molecule has 0 bridgehead atoms. The maximum atomic E-state index is 12.6. The summed E-state index contributed by atoms with van der Waals surface area (Å²) in [4.78, 5) is 26.2. The van der Waals surface area contributed by atoms with Crippen molar-refractivity contribution in [3.05, 3.63) is 114 Å². The van der Waals surface area contributed by atoms with Gasteiger partial charge in [0.25, 0.3) is 5.91 Å². The highest BCUT2D eigenvalue weighted by molar-refractivity contribution is 5.97. The molecule has 5 rings (SSSR count). The molecule has 0 fully saturated rings. The molecule has 7 heteroatoms. The fraction of sp³-hybridized carbons (Fsp3) is 0.111. The zero-order chi connectivity index (χ0) is 23.3. The van der Waals surface area contributed by atoms with Crippen molar-refractivity contribution < 1.29 is 4.79 Å². The number of imidazole rings is 1. The zero-order valence-corrected chi connectivity index (χ0v) is 18.7. The van der Waals surface area contributed by atoms with Crippen molar-refractivity contribution in [2.24, 2.45) is 0 Å². The van der Waals surface area contributed by atoms with Gasteiger partial charge in [0, 0.05) is 18.2 Å². The number of hydrogen-bond donors (Lipinski definition) is 2. The summed E-state index contributed by atoms with van der Waals surface area (Å²) in [6.07, 6.45) is 5.10. The second-order valence-electron chi connectivity index (χ2n) is 8.03. The van der Waals surface area contributed by atoms with Gasteiger partial charge in [-0.15, -0.1) is 0 Å². The van der Waals surface area contributed by atoms with Crippen LogP contribution in [0.15, 0.2) is 97.6 Å². The molecule has 3 aromatic carbocycles. The van der Waals surface area contributed by atoms with Crippen molar-refractivity contribution in [1.29, 1.82) is 0 Å². The summed E-state index contributed by atoms with van der Waals surface area (Å²) < 4.78 is 1.87. The van der Waals surface area contributed by atoms with E-state index in [0.29, 0.717) is 29.3 Å². The monoisotopic (exact) mass is 448 g/mol. The quantitative estimate of drug-likeness (QED) is 0.369. The van der Waals surface area contributed by atoms with E-state index in [2.05, 4.69) is 39.7 Å². The average Bonchev–Trinajstić information content (AvgIpc) is 3.32. The fourth-order valence-corrected chi connectivity index (χ4v) is 3.80. The third kappa shape index (κ3) is 4.63. The van der Waals surface area contributed by atoms with E-state index in [1.54, 1.807) is 30.9 Å². The van der Waals surface area contributed by atoms with E-state index in [1.807, 2.05) is 59.2 Å². The Morgan fingerprint density at radius 1 is 0.971 bits per heavy atom. The minimum absolute atomic E-state index is 0.0854. The lowest BCUT2D eigenvalue weighted by molar-refractivity contribution is 0.0951. The molecule has 0 saturated heterocycles. The first-order valence-corrected chi connectivity index (χ1v) is 11.1. The van der Waals surface area contributed by atoms with Crippen molar-refractivity contribution in [3.63, 3.8) is 0 Å². The van der Waals surface area contributed by atoms with E-state index in [-0.39, 0.29) is 11.9 Å². The summed E-state index contributed by atoms with van der Waals surface area (Å²) in [6, 6.07) is 25.6. The van der Waals surface area contributed by atoms with Gasteiger partial charge in [0.1, 0.15) is 12.1 Å². The molecule has 2 N–H and O–H groups in total. The van der Waals surface area contributed by atoms with Crippen LogP contribution in [-0.2, 0) is 6.54 Å². The Morgan fingerprint density at radius 2 is 1.74 bits per heavy atom. The van der Waals surface area contributed by atoms with Gasteiger partial charge in [-0.2, -0.15) is 0 Å². The Kier molecular flexibility index (Phi) is 5.99. The number of carbonyl (C=O) groups is 1. The predicted molar refractivity (Wildman–Crippen MR) is 133 cm³/mol. The standard InChI is InChI=1S/C27H24N6O/c1-19(21-10-6-3-7-11-21)31-25-16-28-17-26(32-25)33-18-30-23-14-22(12-13-24(23)33)27(34)29-15-20-8-4-2-5-9-20/h2-14,16-19H,15H2,1H3,(H,29,34)(H,31,32). The topological polar surface area (TPSA) is 84.7 Å². The van der Waals surface area contributed by atoms with E-state index >= 15 is 0 Å². The van der Waals surface area contributed by atoms with Gasteiger partial charge in [-0.05, 0) is 36.2 Å². The van der Waals surface area contributed by atoms with Crippen LogP contribution in [0.4, 0.5) is 5.82 Å². The first-order chi connectivity index (χ1) is 16.7. The van der Waals surface area contributed by atoms with Gasteiger partial charge in [0.15, 0.2) is 5.82 Å². The molecule has 1 amide bonds. The largest absolute Gasteiger partial charge is 0.362 e. The van der Waals surface area contributed by atoms with Gasteiger partial charge in [0.2, 0.25) is 0 Å². The van der Waals surface area contributed by atoms with Crippen LogP contribution in [0.25, 0.3) is 16.9 Å². The highest BCUT2D eigenvalue weighted by atomic mass is 16.1. The normalized spacial score (nSPS) is 11.8. The van der Waals surface area contributed by atoms with Gasteiger partial charge in [0.05, 0.1) is 23.4 Å². The first kappa shape index (κ1) is 21.3. The number of hydrogen-bond acceptors (Lipinski definition) is 5. The number of aromatic nitrogens is 4. The molecule has 168 valence electrons. The van der Waals surface area contributed by atoms with Crippen molar-refractivity contribution in [1.82, 2.24) is 24.8 Å². The van der Waals surface area contributed by atoms with Crippen LogP contribution < -0.4 is 10.6 Å². The van der Waals surface area contributed by atoms with E-state index in [9.17, 15) is 4.79 Å². The summed E-state index contributed by atoms with van der Waals surface area (Å²) in [5, 5.41) is 6.35. The third-order valence-corrected chi connectivity index (χ3v) is 5.64. The minimum Gasteiger partial charge on any atom is -0.362 e. The summed E-state index contributed by atoms with van der Waals surface area (Å²) in [5.41, 5.74) is 4.34. The minimum atomic E-state index is -0.138. The molecule has 34 heavy (non-hydrogen) atoms. The molecule has 0 spiro atoms. The van der Waals surface area contributed by atoms with Crippen LogP contribution in [0.1, 0.15) is 34.5 Å². The molecule has 1 atom stereocenters. The number of amides is 1. The number of rotatable bonds is 7. The maximum Gasteiger partial charge on any atom is 0.251 e. The molecule has 0 aliphatic carbocycles.